The fourth-order valence-corrected chi connectivity index (χ4v) is 2.66. The second-order valence-electron chi connectivity index (χ2n) is 5.12. The second-order valence-corrected chi connectivity index (χ2v) is 5.80. The quantitative estimate of drug-likeness (QED) is 0.796. The van der Waals surface area contributed by atoms with E-state index in [0.717, 1.165) is 12.1 Å². The molecule has 0 unspecified atom stereocenters. The van der Waals surface area contributed by atoms with Crippen LogP contribution < -0.4 is 5.32 Å². The van der Waals surface area contributed by atoms with Gasteiger partial charge in [-0.3, -0.25) is 4.79 Å². The summed E-state index contributed by atoms with van der Waals surface area (Å²) in [4.78, 5) is 26.5. The highest BCUT2D eigenvalue weighted by Crippen LogP contribution is 2.36. The van der Waals surface area contributed by atoms with Crippen molar-refractivity contribution in [2.75, 3.05) is 37.4 Å². The summed E-state index contributed by atoms with van der Waals surface area (Å²) >= 11 is 11.0. The van der Waals surface area contributed by atoms with Gasteiger partial charge in [-0.05, 0) is 18.2 Å². The van der Waals surface area contributed by atoms with Crippen LogP contribution in [-0.4, -0.2) is 53.8 Å². The van der Waals surface area contributed by atoms with E-state index in [1.165, 1.54) is 15.9 Å². The zero-order chi connectivity index (χ0) is 17.9. The minimum Gasteiger partial charge on any atom is -0.338 e. The first-order valence-corrected chi connectivity index (χ1v) is 7.90. The molecule has 1 fully saturated rings. The van der Waals surface area contributed by atoms with Crippen molar-refractivity contribution in [3.05, 3.63) is 28.8 Å². The molecule has 132 valence electrons. The van der Waals surface area contributed by atoms with E-state index in [0.29, 0.717) is 13.1 Å². The summed E-state index contributed by atoms with van der Waals surface area (Å²) in [6.45, 7) is 1.20. The molecule has 0 aliphatic carbocycles. The average molecular weight is 384 g/mol. The number of anilines is 1. The molecule has 24 heavy (non-hydrogen) atoms. The SMILES string of the molecule is O=C(CCl)N1CCN(C(=O)Nc2ccc(Cl)c(C(F)(F)F)c2)CC1. The molecule has 0 aromatic heterocycles. The van der Waals surface area contributed by atoms with E-state index in [9.17, 15) is 22.8 Å². The van der Waals surface area contributed by atoms with E-state index >= 15 is 0 Å². The first-order valence-electron chi connectivity index (χ1n) is 6.99. The van der Waals surface area contributed by atoms with Crippen LogP contribution in [0.3, 0.4) is 0 Å². The number of halogens is 5. The van der Waals surface area contributed by atoms with Crippen molar-refractivity contribution in [1.82, 2.24) is 9.80 Å². The zero-order valence-corrected chi connectivity index (χ0v) is 13.9. The van der Waals surface area contributed by atoms with Gasteiger partial charge in [-0.2, -0.15) is 13.2 Å². The second kappa shape index (κ2) is 7.48. The lowest BCUT2D eigenvalue weighted by Gasteiger charge is -2.34. The lowest BCUT2D eigenvalue weighted by atomic mass is 10.2. The Labute approximate surface area is 146 Å². The van der Waals surface area contributed by atoms with Crippen LogP contribution in [0.15, 0.2) is 18.2 Å². The molecule has 5 nitrogen and oxygen atoms in total. The van der Waals surface area contributed by atoms with Crippen molar-refractivity contribution in [1.29, 1.82) is 0 Å². The number of hydrogen-bond acceptors (Lipinski definition) is 2. The summed E-state index contributed by atoms with van der Waals surface area (Å²) < 4.78 is 38.5. The predicted octanol–water partition coefficient (Wildman–Crippen LogP) is 3.27. The highest BCUT2D eigenvalue weighted by molar-refractivity contribution is 6.31. The first-order chi connectivity index (χ1) is 11.2. The summed E-state index contributed by atoms with van der Waals surface area (Å²) in [5.74, 6) is -0.346. The molecule has 0 bridgehead atoms. The molecule has 1 aliphatic rings. The maximum absolute atomic E-state index is 12.8. The van der Waals surface area contributed by atoms with Gasteiger partial charge >= 0.3 is 12.2 Å². The number of nitrogens with zero attached hydrogens (tertiary/aromatic N) is 2. The van der Waals surface area contributed by atoms with Crippen LogP contribution in [0, 0.1) is 0 Å². The Bertz CT molecular complexity index is 632. The molecule has 0 radical (unpaired) electrons. The molecule has 1 aliphatic heterocycles. The lowest BCUT2D eigenvalue weighted by molar-refractivity contribution is -0.137. The fourth-order valence-electron chi connectivity index (χ4n) is 2.27. The van der Waals surface area contributed by atoms with E-state index in [1.54, 1.807) is 0 Å². The minimum absolute atomic E-state index is 0.00371. The van der Waals surface area contributed by atoms with E-state index in [2.05, 4.69) is 5.32 Å². The standard InChI is InChI=1S/C14H14Cl2F3N3O2/c15-8-12(23)21-3-5-22(6-4-21)13(24)20-9-1-2-11(16)10(7-9)14(17,18)19/h1-2,7H,3-6,8H2,(H,20,24). The number of carbonyl (C=O) groups excluding carboxylic acids is 2. The summed E-state index contributed by atoms with van der Waals surface area (Å²) in [7, 11) is 0. The third kappa shape index (κ3) is 4.45. The van der Waals surface area contributed by atoms with Gasteiger partial charge in [0.25, 0.3) is 0 Å². The van der Waals surface area contributed by atoms with E-state index < -0.39 is 22.8 Å². The van der Waals surface area contributed by atoms with Crippen LogP contribution >= 0.6 is 23.2 Å². The van der Waals surface area contributed by atoms with Gasteiger partial charge in [-0.25, -0.2) is 4.79 Å². The Morgan fingerprint density at radius 3 is 2.25 bits per heavy atom. The highest BCUT2D eigenvalue weighted by Gasteiger charge is 2.33. The number of benzene rings is 1. The number of rotatable bonds is 2. The topological polar surface area (TPSA) is 52.7 Å². The van der Waals surface area contributed by atoms with Crippen molar-refractivity contribution in [3.63, 3.8) is 0 Å². The van der Waals surface area contributed by atoms with Crippen LogP contribution in [0.5, 0.6) is 0 Å². The third-order valence-electron chi connectivity index (χ3n) is 3.56. The van der Waals surface area contributed by atoms with Gasteiger partial charge in [0.05, 0.1) is 10.6 Å². The van der Waals surface area contributed by atoms with E-state index in [1.807, 2.05) is 0 Å². The number of alkyl halides is 4. The van der Waals surface area contributed by atoms with Crippen LogP contribution in [0.25, 0.3) is 0 Å². The van der Waals surface area contributed by atoms with E-state index in [-0.39, 0.29) is 30.6 Å². The van der Waals surface area contributed by atoms with Gasteiger partial charge in [0.15, 0.2) is 0 Å². The number of urea groups is 1. The highest BCUT2D eigenvalue weighted by atomic mass is 35.5. The number of nitrogens with one attached hydrogen (secondary N) is 1. The number of carbonyl (C=O) groups is 2. The van der Waals surface area contributed by atoms with Crippen LogP contribution in [-0.2, 0) is 11.0 Å². The van der Waals surface area contributed by atoms with Gasteiger partial charge in [0, 0.05) is 31.9 Å². The minimum atomic E-state index is -4.61. The number of piperazine rings is 1. The van der Waals surface area contributed by atoms with Gasteiger partial charge in [-0.1, -0.05) is 11.6 Å². The Morgan fingerprint density at radius 1 is 1.12 bits per heavy atom. The number of amides is 3. The van der Waals surface area contributed by atoms with Gasteiger partial charge in [0.1, 0.15) is 5.88 Å². The predicted molar refractivity (Wildman–Crippen MR) is 84.3 cm³/mol. The molecule has 1 saturated heterocycles. The molecule has 1 N–H and O–H groups in total. The van der Waals surface area contributed by atoms with Crippen LogP contribution in [0.1, 0.15) is 5.56 Å². The smallest absolute Gasteiger partial charge is 0.338 e. The van der Waals surface area contributed by atoms with E-state index in [4.69, 9.17) is 23.2 Å². The molecule has 0 spiro atoms. The van der Waals surface area contributed by atoms with Crippen molar-refractivity contribution in [2.24, 2.45) is 0 Å². The van der Waals surface area contributed by atoms with Gasteiger partial charge in [0.2, 0.25) is 5.91 Å². The van der Waals surface area contributed by atoms with Crippen LogP contribution in [0.2, 0.25) is 5.02 Å². The first kappa shape index (κ1) is 18.7. The zero-order valence-electron chi connectivity index (χ0n) is 12.4. The molecule has 2 rings (SSSR count). The Hall–Kier alpha value is -1.67. The molecule has 0 atom stereocenters. The summed E-state index contributed by atoms with van der Waals surface area (Å²) in [5, 5.41) is 1.97. The van der Waals surface area contributed by atoms with Crippen molar-refractivity contribution < 1.29 is 22.8 Å². The molecular formula is C14H14Cl2F3N3O2. The maximum atomic E-state index is 12.8. The maximum Gasteiger partial charge on any atom is 0.417 e. The van der Waals surface area contributed by atoms with Gasteiger partial charge < -0.3 is 15.1 Å². The monoisotopic (exact) mass is 383 g/mol. The van der Waals surface area contributed by atoms with Crippen LogP contribution in [0.4, 0.5) is 23.7 Å². The molecular weight excluding hydrogens is 370 g/mol. The molecule has 3 amide bonds. The van der Waals surface area contributed by atoms with Crippen molar-refractivity contribution >= 4 is 40.8 Å². The summed E-state index contributed by atoms with van der Waals surface area (Å²) in [5.41, 5.74) is -1.02. The largest absolute Gasteiger partial charge is 0.417 e. The fraction of sp³-hybridized carbons (Fsp3) is 0.429. The Balaban J connectivity index is 2.00. The summed E-state index contributed by atoms with van der Waals surface area (Å²) in [6.07, 6.45) is -4.61. The molecule has 1 heterocycles. The average Bonchev–Trinajstić information content (AvgIpc) is 2.55. The van der Waals surface area contributed by atoms with Gasteiger partial charge in [-0.15, -0.1) is 11.6 Å². The lowest BCUT2D eigenvalue weighted by Crippen LogP contribution is -2.52. The van der Waals surface area contributed by atoms with Crippen molar-refractivity contribution in [2.45, 2.75) is 6.18 Å². The Kier molecular flexibility index (Phi) is 5.82. The normalized spacial score (nSPS) is 15.4. The summed E-state index contributed by atoms with van der Waals surface area (Å²) in [6, 6.07) is 2.62. The molecule has 10 heteroatoms. The molecule has 1 aromatic rings. The van der Waals surface area contributed by atoms with Crippen molar-refractivity contribution in [3.8, 4) is 0 Å². The number of hydrogen-bond donors (Lipinski definition) is 1. The molecule has 1 aromatic carbocycles. The molecule has 0 saturated carbocycles. The third-order valence-corrected chi connectivity index (χ3v) is 4.12. The Morgan fingerprint density at radius 2 is 1.71 bits per heavy atom.